The van der Waals surface area contributed by atoms with Gasteiger partial charge in [0.15, 0.2) is 0 Å². The molecule has 1 atom stereocenters. The fraction of sp³-hybridized carbons (Fsp3) is 1.00. The van der Waals surface area contributed by atoms with E-state index in [1.807, 2.05) is 0 Å². The summed E-state index contributed by atoms with van der Waals surface area (Å²) in [7, 11) is 0. The van der Waals surface area contributed by atoms with Gasteiger partial charge in [-0.2, -0.15) is 0 Å². The minimum atomic E-state index is 1.02. The van der Waals surface area contributed by atoms with Crippen molar-refractivity contribution >= 4 is 0 Å². The fourth-order valence-electron chi connectivity index (χ4n) is 5.81. The van der Waals surface area contributed by atoms with Crippen LogP contribution in [-0.4, -0.2) is 0 Å². The van der Waals surface area contributed by atoms with Crippen molar-refractivity contribution < 1.29 is 0 Å². The summed E-state index contributed by atoms with van der Waals surface area (Å²) in [4.78, 5) is 0. The van der Waals surface area contributed by atoms with Crippen LogP contribution in [0.1, 0.15) is 220 Å². The van der Waals surface area contributed by atoms with Crippen LogP contribution in [0, 0.1) is 5.92 Å². The van der Waals surface area contributed by atoms with E-state index < -0.39 is 0 Å². The van der Waals surface area contributed by atoms with Crippen molar-refractivity contribution in [3.8, 4) is 0 Å². The Hall–Kier alpha value is 0. The van der Waals surface area contributed by atoms with E-state index in [0.29, 0.717) is 0 Å². The molecule has 0 saturated carbocycles. The van der Waals surface area contributed by atoms with Gasteiger partial charge < -0.3 is 0 Å². The molecule has 0 heteroatoms. The van der Waals surface area contributed by atoms with Crippen molar-refractivity contribution in [3.63, 3.8) is 0 Å². The van der Waals surface area contributed by atoms with Gasteiger partial charge in [-0.25, -0.2) is 0 Å². The molecule has 0 aliphatic carbocycles. The molecule has 0 rings (SSSR count). The molecule has 0 aromatic carbocycles. The lowest BCUT2D eigenvalue weighted by Crippen LogP contribution is -1.99. The summed E-state index contributed by atoms with van der Waals surface area (Å²) in [6.07, 6.45) is 45.8. The first-order chi connectivity index (χ1) is 17.3. The van der Waals surface area contributed by atoms with Crippen LogP contribution in [0.15, 0.2) is 0 Å². The largest absolute Gasteiger partial charge is 0.0654 e. The van der Waals surface area contributed by atoms with Gasteiger partial charge >= 0.3 is 0 Å². The van der Waals surface area contributed by atoms with Crippen molar-refractivity contribution in [2.45, 2.75) is 220 Å². The second-order valence-corrected chi connectivity index (χ2v) is 12.0. The first-order valence-corrected chi connectivity index (χ1v) is 17.3. The molecule has 0 nitrogen and oxygen atoms in total. The Kier molecular flexibility index (Phi) is 32.0. The zero-order valence-corrected chi connectivity index (χ0v) is 25.5. The minimum absolute atomic E-state index is 1.02. The van der Waals surface area contributed by atoms with Crippen molar-refractivity contribution in [1.29, 1.82) is 0 Å². The molecular weight excluding hydrogens is 420 g/mol. The predicted octanol–water partition coefficient (Wildman–Crippen LogP) is 13.8. The Morgan fingerprint density at radius 2 is 0.457 bits per heavy atom. The van der Waals surface area contributed by atoms with Gasteiger partial charge in [-0.05, 0) is 5.92 Å². The van der Waals surface area contributed by atoms with Crippen LogP contribution < -0.4 is 0 Å². The number of hydrogen-bond donors (Lipinski definition) is 0. The molecule has 0 aromatic rings. The van der Waals surface area contributed by atoms with Gasteiger partial charge in [0.1, 0.15) is 0 Å². The van der Waals surface area contributed by atoms with E-state index >= 15 is 0 Å². The smallest absolute Gasteiger partial charge is 0.0417 e. The highest BCUT2D eigenvalue weighted by molar-refractivity contribution is 4.59. The van der Waals surface area contributed by atoms with E-state index in [1.165, 1.54) is 199 Å². The Bertz CT molecular complexity index is 346. The van der Waals surface area contributed by atoms with E-state index in [4.69, 9.17) is 0 Å². The molecule has 0 aliphatic rings. The van der Waals surface area contributed by atoms with Gasteiger partial charge in [-0.1, -0.05) is 220 Å². The van der Waals surface area contributed by atoms with E-state index in [1.54, 1.807) is 0 Å². The molecular formula is C35H72. The topological polar surface area (TPSA) is 0 Å². The van der Waals surface area contributed by atoms with Gasteiger partial charge in [0.25, 0.3) is 0 Å². The Balaban J connectivity index is 3.25. The normalized spacial score (nSPS) is 12.4. The lowest BCUT2D eigenvalue weighted by atomic mass is 9.92. The van der Waals surface area contributed by atoms with Crippen molar-refractivity contribution in [2.24, 2.45) is 5.92 Å². The van der Waals surface area contributed by atoms with Crippen molar-refractivity contribution in [2.75, 3.05) is 0 Å². The van der Waals surface area contributed by atoms with E-state index in [9.17, 15) is 0 Å². The van der Waals surface area contributed by atoms with Crippen molar-refractivity contribution in [3.05, 3.63) is 0 Å². The summed E-state index contributed by atoms with van der Waals surface area (Å²) >= 11 is 0. The lowest BCUT2D eigenvalue weighted by molar-refractivity contribution is 0.392. The summed E-state index contributed by atoms with van der Waals surface area (Å²) in [6.45, 7) is 7.05. The van der Waals surface area contributed by atoms with Crippen LogP contribution >= 0.6 is 0 Å². The maximum Gasteiger partial charge on any atom is -0.0417 e. The van der Waals surface area contributed by atoms with Crippen LogP contribution in [0.2, 0.25) is 0 Å². The lowest BCUT2D eigenvalue weighted by Gasteiger charge is -2.14. The van der Waals surface area contributed by atoms with Crippen LogP contribution in [-0.2, 0) is 0 Å². The first kappa shape index (κ1) is 35.0. The molecule has 0 radical (unpaired) electrons. The van der Waals surface area contributed by atoms with Gasteiger partial charge in [0.2, 0.25) is 0 Å². The number of unbranched alkanes of at least 4 members (excludes halogenated alkanes) is 26. The van der Waals surface area contributed by atoms with Crippen LogP contribution in [0.25, 0.3) is 0 Å². The monoisotopic (exact) mass is 493 g/mol. The second-order valence-electron chi connectivity index (χ2n) is 12.0. The summed E-state index contributed by atoms with van der Waals surface area (Å²) < 4.78 is 0. The number of rotatable bonds is 31. The number of hydrogen-bond acceptors (Lipinski definition) is 0. The Morgan fingerprint density at radius 3 is 0.657 bits per heavy atom. The molecule has 0 heterocycles. The SMILES string of the molecule is CCCCCCCCCCCCCCCCCC(CC)CCCCCCCCCCCCCCC. The molecule has 212 valence electrons. The molecule has 1 unspecified atom stereocenters. The minimum Gasteiger partial charge on any atom is -0.0654 e. The van der Waals surface area contributed by atoms with Crippen LogP contribution in [0.3, 0.4) is 0 Å². The van der Waals surface area contributed by atoms with E-state index in [-0.39, 0.29) is 0 Å². The molecule has 0 aliphatic heterocycles. The van der Waals surface area contributed by atoms with Crippen molar-refractivity contribution in [1.82, 2.24) is 0 Å². The standard InChI is InChI=1S/C35H72/c1-4-7-9-11-13-15-17-19-20-22-24-26-28-30-32-34-35(6-3)33-31-29-27-25-23-21-18-16-14-12-10-8-5-2/h35H,4-34H2,1-3H3. The Morgan fingerprint density at radius 1 is 0.257 bits per heavy atom. The zero-order valence-electron chi connectivity index (χ0n) is 25.5. The molecule has 0 N–H and O–H groups in total. The molecule has 0 fully saturated rings. The third-order valence-electron chi connectivity index (χ3n) is 8.51. The van der Waals surface area contributed by atoms with Gasteiger partial charge in [0, 0.05) is 0 Å². The summed E-state index contributed by atoms with van der Waals surface area (Å²) in [5.74, 6) is 1.02. The zero-order chi connectivity index (χ0) is 25.5. The maximum absolute atomic E-state index is 2.43. The molecule has 35 heavy (non-hydrogen) atoms. The average Bonchev–Trinajstić information content (AvgIpc) is 2.87. The van der Waals surface area contributed by atoms with Gasteiger partial charge in [-0.3, -0.25) is 0 Å². The summed E-state index contributed by atoms with van der Waals surface area (Å²) in [5.41, 5.74) is 0. The highest BCUT2D eigenvalue weighted by atomic mass is 14.1. The Labute approximate surface area is 225 Å². The van der Waals surface area contributed by atoms with Crippen LogP contribution in [0.5, 0.6) is 0 Å². The molecule has 0 spiro atoms. The highest BCUT2D eigenvalue weighted by Gasteiger charge is 2.06. The second kappa shape index (κ2) is 32.0. The predicted molar refractivity (Wildman–Crippen MR) is 164 cm³/mol. The van der Waals surface area contributed by atoms with Gasteiger partial charge in [-0.15, -0.1) is 0 Å². The van der Waals surface area contributed by atoms with Crippen LogP contribution in [0.4, 0.5) is 0 Å². The first-order valence-electron chi connectivity index (χ1n) is 17.3. The highest BCUT2D eigenvalue weighted by Crippen LogP contribution is 2.22. The third-order valence-corrected chi connectivity index (χ3v) is 8.51. The quantitative estimate of drug-likeness (QED) is 0.0844. The molecule has 0 amide bonds. The summed E-state index contributed by atoms with van der Waals surface area (Å²) in [5, 5.41) is 0. The fourth-order valence-corrected chi connectivity index (χ4v) is 5.81. The maximum atomic E-state index is 2.43. The average molecular weight is 493 g/mol. The van der Waals surface area contributed by atoms with E-state index in [0.717, 1.165) is 5.92 Å². The van der Waals surface area contributed by atoms with Gasteiger partial charge in [0.05, 0.1) is 0 Å². The summed E-state index contributed by atoms with van der Waals surface area (Å²) in [6, 6.07) is 0. The third kappa shape index (κ3) is 30.1. The molecule has 0 saturated heterocycles. The molecule has 0 aromatic heterocycles. The van der Waals surface area contributed by atoms with E-state index in [2.05, 4.69) is 20.8 Å². The molecule has 0 bridgehead atoms.